The maximum atomic E-state index is 13.8. The summed E-state index contributed by atoms with van der Waals surface area (Å²) in [5.41, 5.74) is 2.15. The number of rotatable bonds is 7. The van der Waals surface area contributed by atoms with E-state index in [2.05, 4.69) is 9.97 Å². The number of ketones is 1. The molecule has 0 aliphatic rings. The lowest BCUT2D eigenvalue weighted by atomic mass is 9.99. The quantitative estimate of drug-likeness (QED) is 0.448. The van der Waals surface area contributed by atoms with Gasteiger partial charge >= 0.3 is 5.97 Å². The molecular formula is C24H24FN3O4. The third kappa shape index (κ3) is 4.59. The number of benzene rings is 1. The number of ether oxygens (including phenoxy) is 1. The van der Waals surface area contributed by atoms with Gasteiger partial charge in [0.15, 0.2) is 5.78 Å². The van der Waals surface area contributed by atoms with Crippen LogP contribution in [0.5, 0.6) is 0 Å². The Balaban J connectivity index is 2.01. The lowest BCUT2D eigenvalue weighted by Crippen LogP contribution is -2.43. The van der Waals surface area contributed by atoms with E-state index in [-0.39, 0.29) is 23.6 Å². The largest absolute Gasteiger partial charge is 0.464 e. The number of nitrogens with zero attached hydrogens (tertiary/aromatic N) is 2. The zero-order valence-corrected chi connectivity index (χ0v) is 18.3. The predicted molar refractivity (Wildman–Crippen MR) is 116 cm³/mol. The highest BCUT2D eigenvalue weighted by atomic mass is 19.1. The molecule has 1 unspecified atom stereocenters. The Hall–Kier alpha value is -3.81. The zero-order chi connectivity index (χ0) is 23.4. The topological polar surface area (TPSA) is 92.4 Å². The monoisotopic (exact) mass is 437 g/mol. The molecule has 0 bridgehead atoms. The van der Waals surface area contributed by atoms with Crippen molar-refractivity contribution in [2.75, 3.05) is 7.11 Å². The lowest BCUT2D eigenvalue weighted by Gasteiger charge is -2.28. The summed E-state index contributed by atoms with van der Waals surface area (Å²) in [5.74, 6) is -1.99. The van der Waals surface area contributed by atoms with Crippen LogP contribution >= 0.6 is 0 Å². The van der Waals surface area contributed by atoms with Crippen molar-refractivity contribution in [2.45, 2.75) is 33.4 Å². The van der Waals surface area contributed by atoms with Crippen molar-refractivity contribution < 1.29 is 23.5 Å². The van der Waals surface area contributed by atoms with E-state index in [1.165, 1.54) is 30.2 Å². The first-order valence-electron chi connectivity index (χ1n) is 10.0. The molecule has 0 spiro atoms. The second-order valence-electron chi connectivity index (χ2n) is 7.42. The van der Waals surface area contributed by atoms with Crippen LogP contribution < -0.4 is 0 Å². The number of halogens is 1. The molecule has 0 radical (unpaired) electrons. The summed E-state index contributed by atoms with van der Waals surface area (Å²) in [6.07, 6.45) is 1.59. The van der Waals surface area contributed by atoms with Crippen LogP contribution in [0.25, 0.3) is 0 Å². The van der Waals surface area contributed by atoms with Crippen molar-refractivity contribution in [1.29, 1.82) is 0 Å². The molecule has 3 aromatic rings. The van der Waals surface area contributed by atoms with E-state index in [1.54, 1.807) is 45.2 Å². The molecule has 1 N–H and O–H groups in total. The summed E-state index contributed by atoms with van der Waals surface area (Å²) in [7, 11) is 1.26. The smallest absolute Gasteiger partial charge is 0.354 e. The van der Waals surface area contributed by atoms with Crippen LogP contribution in [0.3, 0.4) is 0 Å². The highest BCUT2D eigenvalue weighted by molar-refractivity contribution is 6.07. The number of hydrogen-bond acceptors (Lipinski definition) is 5. The van der Waals surface area contributed by atoms with Crippen LogP contribution in [-0.2, 0) is 11.3 Å². The number of nitrogens with one attached hydrogen (secondary N) is 1. The molecule has 3 rings (SSSR count). The van der Waals surface area contributed by atoms with Crippen LogP contribution in [0.2, 0.25) is 0 Å². The molecule has 1 atom stereocenters. The summed E-state index contributed by atoms with van der Waals surface area (Å²) >= 11 is 0. The van der Waals surface area contributed by atoms with Gasteiger partial charge in [-0.2, -0.15) is 0 Å². The Kier molecular flexibility index (Phi) is 6.82. The summed E-state index contributed by atoms with van der Waals surface area (Å²) in [6, 6.07) is 9.67. The van der Waals surface area contributed by atoms with Gasteiger partial charge < -0.3 is 14.6 Å². The fraction of sp³-hybridized carbons (Fsp3) is 0.250. The number of Topliss-reactive ketones (excluding diaryl/α,β-unsaturated/α-hetero) is 1. The van der Waals surface area contributed by atoms with Gasteiger partial charge in [-0.25, -0.2) is 9.18 Å². The van der Waals surface area contributed by atoms with E-state index in [0.717, 1.165) is 6.07 Å². The molecule has 0 saturated heterocycles. The maximum Gasteiger partial charge on any atom is 0.354 e. The molecule has 0 aliphatic carbocycles. The number of methoxy groups -OCH3 is 1. The van der Waals surface area contributed by atoms with Crippen molar-refractivity contribution in [3.8, 4) is 0 Å². The third-order valence-electron chi connectivity index (χ3n) is 5.31. The molecule has 0 saturated carbocycles. The molecule has 7 nitrogen and oxygen atoms in total. The lowest BCUT2D eigenvalue weighted by molar-refractivity contribution is 0.0591. The zero-order valence-electron chi connectivity index (χ0n) is 18.3. The molecule has 2 aromatic heterocycles. The Morgan fingerprint density at radius 3 is 2.53 bits per heavy atom. The van der Waals surface area contributed by atoms with E-state index < -0.39 is 23.7 Å². The molecule has 8 heteroatoms. The van der Waals surface area contributed by atoms with Crippen LogP contribution in [0.1, 0.15) is 55.1 Å². The number of carbonyl (C=O) groups excluding carboxylic acids is 3. The number of esters is 1. The van der Waals surface area contributed by atoms with E-state index in [0.29, 0.717) is 22.5 Å². The summed E-state index contributed by atoms with van der Waals surface area (Å²) < 4.78 is 18.5. The summed E-state index contributed by atoms with van der Waals surface area (Å²) in [5, 5.41) is 0. The summed E-state index contributed by atoms with van der Waals surface area (Å²) in [4.78, 5) is 47.3. The molecule has 1 aromatic carbocycles. The average molecular weight is 437 g/mol. The van der Waals surface area contributed by atoms with Gasteiger partial charge in [-0.05, 0) is 56.7 Å². The minimum Gasteiger partial charge on any atom is -0.464 e. The number of aromatic nitrogens is 2. The first-order valence-corrected chi connectivity index (χ1v) is 10.0. The highest BCUT2D eigenvalue weighted by Gasteiger charge is 2.32. The van der Waals surface area contributed by atoms with Crippen molar-refractivity contribution in [3.05, 3.63) is 88.3 Å². The van der Waals surface area contributed by atoms with E-state index in [4.69, 9.17) is 4.74 Å². The molecule has 166 valence electrons. The first-order chi connectivity index (χ1) is 15.2. The normalized spacial score (nSPS) is 11.7. The molecule has 0 fully saturated rings. The first kappa shape index (κ1) is 22.9. The predicted octanol–water partition coefficient (Wildman–Crippen LogP) is 3.87. The fourth-order valence-electron chi connectivity index (χ4n) is 3.61. The van der Waals surface area contributed by atoms with Gasteiger partial charge in [-0.15, -0.1) is 0 Å². The van der Waals surface area contributed by atoms with Crippen LogP contribution in [0, 0.1) is 19.7 Å². The number of aromatic amines is 1. The minimum atomic E-state index is -0.911. The Morgan fingerprint density at radius 2 is 1.91 bits per heavy atom. The second kappa shape index (κ2) is 9.55. The Morgan fingerprint density at radius 1 is 1.16 bits per heavy atom. The van der Waals surface area contributed by atoms with Crippen molar-refractivity contribution in [2.24, 2.45) is 0 Å². The second-order valence-corrected chi connectivity index (χ2v) is 7.42. The SMILES string of the molecule is COC(=O)c1[nH]c(C)c(C(=O)C(C)N(Cc2ccccn2)C(=O)c2cccc(F)c2)c1C. The molecular weight excluding hydrogens is 413 g/mol. The third-order valence-corrected chi connectivity index (χ3v) is 5.31. The standard InChI is InChI=1S/C24H24FN3O4/c1-14-20(15(2)27-21(14)24(31)32-4)22(29)16(3)28(13-19-10-5-6-11-26-19)23(30)17-8-7-9-18(25)12-17/h5-12,16,27H,13H2,1-4H3. The summed E-state index contributed by atoms with van der Waals surface area (Å²) in [6.45, 7) is 4.98. The average Bonchev–Trinajstić information content (AvgIpc) is 3.10. The minimum absolute atomic E-state index is 0.0511. The van der Waals surface area contributed by atoms with Crippen LogP contribution in [-0.4, -0.2) is 45.7 Å². The highest BCUT2D eigenvalue weighted by Crippen LogP contribution is 2.23. The number of pyridine rings is 1. The van der Waals surface area contributed by atoms with E-state index in [1.807, 2.05) is 0 Å². The molecule has 2 heterocycles. The van der Waals surface area contributed by atoms with Crippen molar-refractivity contribution in [1.82, 2.24) is 14.9 Å². The van der Waals surface area contributed by atoms with E-state index in [9.17, 15) is 18.8 Å². The fourth-order valence-corrected chi connectivity index (χ4v) is 3.61. The number of hydrogen-bond donors (Lipinski definition) is 1. The number of H-pyrrole nitrogens is 1. The van der Waals surface area contributed by atoms with Gasteiger partial charge in [-0.1, -0.05) is 12.1 Å². The van der Waals surface area contributed by atoms with E-state index >= 15 is 0 Å². The Labute approximate surface area is 185 Å². The number of carbonyl (C=O) groups is 3. The maximum absolute atomic E-state index is 13.8. The van der Waals surface area contributed by atoms with Gasteiger partial charge in [0, 0.05) is 23.0 Å². The van der Waals surface area contributed by atoms with Gasteiger partial charge in [0.05, 0.1) is 25.4 Å². The van der Waals surface area contributed by atoms with Gasteiger partial charge in [0.1, 0.15) is 11.5 Å². The van der Waals surface area contributed by atoms with Gasteiger partial charge in [0.25, 0.3) is 5.91 Å². The van der Waals surface area contributed by atoms with Crippen LogP contribution in [0.15, 0.2) is 48.7 Å². The van der Waals surface area contributed by atoms with Crippen molar-refractivity contribution >= 4 is 17.7 Å². The van der Waals surface area contributed by atoms with Crippen molar-refractivity contribution in [3.63, 3.8) is 0 Å². The number of aryl methyl sites for hydroxylation is 1. The van der Waals surface area contributed by atoms with Crippen LogP contribution in [0.4, 0.5) is 4.39 Å². The Bertz CT molecular complexity index is 1160. The number of amides is 1. The molecule has 0 aliphatic heterocycles. The van der Waals surface area contributed by atoms with Gasteiger partial charge in [-0.3, -0.25) is 14.6 Å². The molecule has 1 amide bonds. The van der Waals surface area contributed by atoms with Gasteiger partial charge in [0.2, 0.25) is 0 Å². The molecule has 32 heavy (non-hydrogen) atoms.